The second-order valence-electron chi connectivity index (χ2n) is 2.86. The molecule has 0 bridgehead atoms. The number of hydrogen-bond donors (Lipinski definition) is 0. The molecule has 0 amide bonds. The molecule has 1 heteroatoms. The van der Waals surface area contributed by atoms with Gasteiger partial charge in [-0.25, -0.2) is 0 Å². The van der Waals surface area contributed by atoms with Crippen LogP contribution in [-0.4, -0.2) is 10.2 Å². The Morgan fingerprint density at radius 2 is 2.33 bits per heavy atom. The lowest BCUT2D eigenvalue weighted by Crippen LogP contribution is -1.90. The lowest BCUT2D eigenvalue weighted by atomic mass is 9.98. The average Bonchev–Trinajstić information content (AvgIpc) is 1.91. The fourth-order valence-corrected chi connectivity index (χ4v) is 2.10. The molecular weight excluding hydrogens is 124 g/mol. The van der Waals surface area contributed by atoms with Gasteiger partial charge in [0.25, 0.3) is 0 Å². The molecule has 1 aliphatic carbocycles. The summed E-state index contributed by atoms with van der Waals surface area (Å²) in [6.45, 7) is 0. The molecule has 0 nitrogen and oxygen atoms in total. The zero-order chi connectivity index (χ0) is 6.53. The molecule has 0 radical (unpaired) electrons. The van der Waals surface area contributed by atoms with E-state index in [4.69, 9.17) is 0 Å². The van der Waals surface area contributed by atoms with E-state index in [2.05, 4.69) is 6.08 Å². The maximum Gasteiger partial charge on any atom is 0.00320 e. The zero-order valence-corrected chi connectivity index (χ0v) is 8.32. The quantitative estimate of drug-likeness (QED) is 0.404. The number of rotatable bonds is 2. The minimum absolute atomic E-state index is 1.36. The van der Waals surface area contributed by atoms with E-state index in [0.717, 1.165) is 0 Å². The summed E-state index contributed by atoms with van der Waals surface area (Å²) in [4.78, 5) is 0. The second-order valence-corrected chi connectivity index (χ2v) is 3.86. The molecule has 1 aliphatic rings. The Hall–Kier alpha value is -0.0431. The Kier molecular flexibility index (Phi) is 3.05. The van der Waals surface area contributed by atoms with Gasteiger partial charge in [0.15, 0.2) is 0 Å². The number of hydrogen-bond acceptors (Lipinski definition) is 0. The Morgan fingerprint density at radius 3 is 2.89 bits per heavy atom. The highest BCUT2D eigenvalue weighted by Gasteiger charge is 2.00. The lowest BCUT2D eigenvalue weighted by molar-refractivity contribution is 0.684. The van der Waals surface area contributed by atoms with Gasteiger partial charge in [-0.15, -0.1) is 0 Å². The maximum absolute atomic E-state index is 2.46. The summed E-state index contributed by atoms with van der Waals surface area (Å²) in [6, 6.07) is 1.46. The number of allylic oxidation sites excluding steroid dienone is 2. The normalized spacial score (nSPS) is 19.8. The molecule has 0 unspecified atom stereocenters. The van der Waals surface area contributed by atoms with Crippen molar-refractivity contribution in [3.8, 4) is 0 Å². The van der Waals surface area contributed by atoms with Crippen LogP contribution in [0.25, 0.3) is 0 Å². The molecule has 0 spiro atoms. The summed E-state index contributed by atoms with van der Waals surface area (Å²) in [6.07, 6.45) is 9.52. The van der Waals surface area contributed by atoms with Crippen LogP contribution in [0.1, 0.15) is 32.1 Å². The van der Waals surface area contributed by atoms with E-state index >= 15 is 0 Å². The smallest absolute Gasteiger partial charge is 0.00320 e. The molecule has 1 rings (SSSR count). The van der Waals surface area contributed by atoms with Crippen LogP contribution in [0.2, 0.25) is 6.04 Å². The van der Waals surface area contributed by atoms with Crippen molar-refractivity contribution in [1.29, 1.82) is 0 Å². The van der Waals surface area contributed by atoms with E-state index < -0.39 is 0 Å². The van der Waals surface area contributed by atoms with Crippen molar-refractivity contribution in [2.24, 2.45) is 0 Å². The summed E-state index contributed by atoms with van der Waals surface area (Å²) < 4.78 is 0. The van der Waals surface area contributed by atoms with Crippen LogP contribution < -0.4 is 0 Å². The fraction of sp³-hybridized carbons (Fsp3) is 0.750. The molecule has 0 aromatic heterocycles. The minimum atomic E-state index is 1.36. The SMILES string of the molecule is [SiH3]CCC1=CCCCC1. The predicted molar refractivity (Wildman–Crippen MR) is 45.9 cm³/mol. The van der Waals surface area contributed by atoms with E-state index in [9.17, 15) is 0 Å². The van der Waals surface area contributed by atoms with Gasteiger partial charge in [-0.1, -0.05) is 17.7 Å². The fourth-order valence-electron chi connectivity index (χ4n) is 1.45. The van der Waals surface area contributed by atoms with E-state index in [1.165, 1.54) is 48.4 Å². The third-order valence-corrected chi connectivity index (χ3v) is 2.46. The molecule has 0 aliphatic heterocycles. The molecule has 52 valence electrons. The van der Waals surface area contributed by atoms with Crippen LogP contribution in [0.5, 0.6) is 0 Å². The van der Waals surface area contributed by atoms with Crippen LogP contribution in [-0.2, 0) is 0 Å². The Labute approximate surface area is 60.8 Å². The standard InChI is InChI=1S/C8H16Si/c9-7-6-8-4-2-1-3-5-8/h4H,1-3,5-7H2,9H3. The molecule has 0 aromatic carbocycles. The molecule has 0 atom stereocenters. The molecule has 0 heterocycles. The van der Waals surface area contributed by atoms with Gasteiger partial charge in [-0.3, -0.25) is 0 Å². The average molecular weight is 140 g/mol. The van der Waals surface area contributed by atoms with Crippen molar-refractivity contribution in [3.05, 3.63) is 11.6 Å². The van der Waals surface area contributed by atoms with Gasteiger partial charge in [-0.05, 0) is 32.1 Å². The van der Waals surface area contributed by atoms with Gasteiger partial charge < -0.3 is 0 Å². The first-order valence-corrected chi connectivity index (χ1v) is 5.53. The van der Waals surface area contributed by atoms with Gasteiger partial charge in [0.05, 0.1) is 0 Å². The third kappa shape index (κ3) is 2.35. The molecule has 0 aromatic rings. The lowest BCUT2D eigenvalue weighted by Gasteiger charge is -2.10. The summed E-state index contributed by atoms with van der Waals surface area (Å²) in [5.41, 5.74) is 1.75. The van der Waals surface area contributed by atoms with E-state index in [0.29, 0.717) is 0 Å². The predicted octanol–water partition coefficient (Wildman–Crippen LogP) is 1.66. The van der Waals surface area contributed by atoms with Crippen molar-refractivity contribution < 1.29 is 0 Å². The van der Waals surface area contributed by atoms with Crippen LogP contribution >= 0.6 is 0 Å². The molecule has 0 fully saturated rings. The van der Waals surface area contributed by atoms with E-state index in [1.54, 1.807) is 5.57 Å². The van der Waals surface area contributed by atoms with Crippen LogP contribution in [0.4, 0.5) is 0 Å². The Balaban J connectivity index is 2.28. The maximum atomic E-state index is 2.46. The van der Waals surface area contributed by atoms with Crippen molar-refractivity contribution in [3.63, 3.8) is 0 Å². The molecule has 0 saturated heterocycles. The van der Waals surface area contributed by atoms with Crippen molar-refractivity contribution in [1.82, 2.24) is 0 Å². The zero-order valence-electron chi connectivity index (χ0n) is 6.32. The van der Waals surface area contributed by atoms with Gasteiger partial charge in [0.2, 0.25) is 0 Å². The highest BCUT2D eigenvalue weighted by atomic mass is 28.1. The summed E-state index contributed by atoms with van der Waals surface area (Å²) in [5.74, 6) is 0. The monoisotopic (exact) mass is 140 g/mol. The Bertz CT molecular complexity index is 105. The second kappa shape index (κ2) is 3.88. The summed E-state index contributed by atoms with van der Waals surface area (Å²) >= 11 is 0. The van der Waals surface area contributed by atoms with E-state index in [1.807, 2.05) is 0 Å². The van der Waals surface area contributed by atoms with Crippen LogP contribution in [0, 0.1) is 0 Å². The minimum Gasteiger partial charge on any atom is -0.0853 e. The van der Waals surface area contributed by atoms with Crippen molar-refractivity contribution in [2.45, 2.75) is 38.1 Å². The molecule has 0 saturated carbocycles. The highest BCUT2D eigenvalue weighted by Crippen LogP contribution is 2.20. The van der Waals surface area contributed by atoms with Gasteiger partial charge in [0, 0.05) is 10.2 Å². The first kappa shape index (κ1) is 7.07. The summed E-state index contributed by atoms with van der Waals surface area (Å²) in [7, 11) is 1.38. The van der Waals surface area contributed by atoms with E-state index in [-0.39, 0.29) is 0 Å². The molecular formula is C8H16Si. The van der Waals surface area contributed by atoms with Crippen molar-refractivity contribution >= 4 is 10.2 Å². The highest BCUT2D eigenvalue weighted by molar-refractivity contribution is 6.08. The van der Waals surface area contributed by atoms with Crippen LogP contribution in [0.3, 0.4) is 0 Å². The first-order valence-electron chi connectivity index (χ1n) is 4.11. The van der Waals surface area contributed by atoms with Gasteiger partial charge in [0.1, 0.15) is 0 Å². The van der Waals surface area contributed by atoms with Gasteiger partial charge >= 0.3 is 0 Å². The summed E-state index contributed by atoms with van der Waals surface area (Å²) in [5, 5.41) is 0. The third-order valence-electron chi connectivity index (χ3n) is 1.96. The molecule has 9 heavy (non-hydrogen) atoms. The van der Waals surface area contributed by atoms with Crippen molar-refractivity contribution in [2.75, 3.05) is 0 Å². The molecule has 0 N–H and O–H groups in total. The largest absolute Gasteiger partial charge is 0.0853 e. The topological polar surface area (TPSA) is 0 Å². The van der Waals surface area contributed by atoms with Gasteiger partial charge in [-0.2, -0.15) is 0 Å². The Morgan fingerprint density at radius 1 is 1.44 bits per heavy atom. The first-order chi connectivity index (χ1) is 4.43. The van der Waals surface area contributed by atoms with Crippen LogP contribution in [0.15, 0.2) is 11.6 Å².